The number of thiophene rings is 1. The lowest BCUT2D eigenvalue weighted by molar-refractivity contribution is 0.628. The number of hydrogen-bond acceptors (Lipinski definition) is 3. The fourth-order valence-corrected chi connectivity index (χ4v) is 2.58. The molecule has 3 rings (SSSR count). The molecule has 0 amide bonds. The molecule has 2 aromatic heterocycles. The lowest BCUT2D eigenvalue weighted by atomic mass is 10.2. The maximum absolute atomic E-state index is 12.8. The first kappa shape index (κ1) is 10.6. The summed E-state index contributed by atoms with van der Waals surface area (Å²) in [7, 11) is 0. The second-order valence-electron chi connectivity index (χ2n) is 3.48. The van der Waals surface area contributed by atoms with Gasteiger partial charge in [-0.05, 0) is 35.7 Å². The van der Waals surface area contributed by atoms with E-state index in [-0.39, 0.29) is 5.82 Å². The van der Waals surface area contributed by atoms with Gasteiger partial charge in [-0.25, -0.2) is 14.4 Å². The summed E-state index contributed by atoms with van der Waals surface area (Å²) in [6, 6.07) is 7.92. The molecule has 0 radical (unpaired) electrons. The molecule has 5 heteroatoms. The Morgan fingerprint density at radius 1 is 1.06 bits per heavy atom. The van der Waals surface area contributed by atoms with Crippen LogP contribution >= 0.6 is 22.9 Å². The first-order valence-corrected chi connectivity index (χ1v) is 6.16. The van der Waals surface area contributed by atoms with E-state index in [9.17, 15) is 4.39 Å². The maximum Gasteiger partial charge on any atom is 0.161 e. The molecule has 1 aromatic carbocycles. The van der Waals surface area contributed by atoms with E-state index < -0.39 is 0 Å². The van der Waals surface area contributed by atoms with E-state index in [0.717, 1.165) is 15.8 Å². The number of halogens is 2. The van der Waals surface area contributed by atoms with Crippen LogP contribution in [0.25, 0.3) is 21.6 Å². The molecule has 2 heterocycles. The highest BCUT2D eigenvalue weighted by molar-refractivity contribution is 7.17. The van der Waals surface area contributed by atoms with Crippen LogP contribution in [0.1, 0.15) is 0 Å². The molecule has 0 spiro atoms. The van der Waals surface area contributed by atoms with Gasteiger partial charge in [0, 0.05) is 5.56 Å². The minimum Gasteiger partial charge on any atom is -0.227 e. The Labute approximate surface area is 106 Å². The van der Waals surface area contributed by atoms with Crippen LogP contribution in [0.5, 0.6) is 0 Å². The van der Waals surface area contributed by atoms with Crippen molar-refractivity contribution in [3.05, 3.63) is 46.7 Å². The van der Waals surface area contributed by atoms with Crippen LogP contribution in [0.3, 0.4) is 0 Å². The highest BCUT2D eigenvalue weighted by Crippen LogP contribution is 2.28. The summed E-state index contributed by atoms with van der Waals surface area (Å²) < 4.78 is 13.7. The Hall–Kier alpha value is -1.52. The van der Waals surface area contributed by atoms with Crippen LogP contribution in [0.4, 0.5) is 4.39 Å². The predicted molar refractivity (Wildman–Crippen MR) is 67.8 cm³/mol. The Morgan fingerprint density at radius 3 is 2.59 bits per heavy atom. The number of aromatic nitrogens is 2. The van der Waals surface area contributed by atoms with E-state index in [1.54, 1.807) is 12.1 Å². The summed E-state index contributed by atoms with van der Waals surface area (Å²) in [6.45, 7) is 0. The lowest BCUT2D eigenvalue weighted by Gasteiger charge is -2.01. The van der Waals surface area contributed by atoms with E-state index in [1.807, 2.05) is 11.4 Å². The number of nitrogens with zero attached hydrogens (tertiary/aromatic N) is 2. The maximum atomic E-state index is 12.8. The normalized spacial score (nSPS) is 10.9. The minimum absolute atomic E-state index is 0.281. The molecule has 0 saturated heterocycles. The molecule has 0 aliphatic heterocycles. The highest BCUT2D eigenvalue weighted by atomic mass is 35.5. The molecule has 0 aliphatic carbocycles. The molecule has 2 nitrogen and oxygen atoms in total. The van der Waals surface area contributed by atoms with Crippen molar-refractivity contribution in [3.63, 3.8) is 0 Å². The van der Waals surface area contributed by atoms with Crippen LogP contribution in [0, 0.1) is 5.82 Å². The van der Waals surface area contributed by atoms with Crippen LogP contribution in [-0.4, -0.2) is 9.97 Å². The smallest absolute Gasteiger partial charge is 0.161 e. The van der Waals surface area contributed by atoms with E-state index in [1.165, 1.54) is 23.5 Å². The van der Waals surface area contributed by atoms with Crippen molar-refractivity contribution < 1.29 is 4.39 Å². The van der Waals surface area contributed by atoms with Crippen LogP contribution < -0.4 is 0 Å². The zero-order valence-electron chi connectivity index (χ0n) is 8.52. The molecule has 0 N–H and O–H groups in total. The molecule has 0 fully saturated rings. The van der Waals surface area contributed by atoms with Crippen molar-refractivity contribution in [2.24, 2.45) is 0 Å². The second-order valence-corrected chi connectivity index (χ2v) is 4.75. The van der Waals surface area contributed by atoms with E-state index in [2.05, 4.69) is 9.97 Å². The van der Waals surface area contributed by atoms with Crippen molar-refractivity contribution in [1.29, 1.82) is 0 Å². The van der Waals surface area contributed by atoms with Gasteiger partial charge in [0.1, 0.15) is 5.82 Å². The Kier molecular flexibility index (Phi) is 2.53. The van der Waals surface area contributed by atoms with Crippen molar-refractivity contribution in [2.45, 2.75) is 0 Å². The molecule has 0 atom stereocenters. The Morgan fingerprint density at radius 2 is 1.82 bits per heavy atom. The van der Waals surface area contributed by atoms with E-state index in [0.29, 0.717) is 11.0 Å². The predicted octanol–water partition coefficient (Wildman–Crippen LogP) is 4.15. The quantitative estimate of drug-likeness (QED) is 0.617. The van der Waals surface area contributed by atoms with Gasteiger partial charge in [-0.2, -0.15) is 0 Å². The van der Waals surface area contributed by atoms with Gasteiger partial charge in [0.25, 0.3) is 0 Å². The van der Waals surface area contributed by atoms with Crippen molar-refractivity contribution in [2.75, 3.05) is 0 Å². The summed E-state index contributed by atoms with van der Waals surface area (Å²) in [4.78, 5) is 8.60. The number of benzene rings is 1. The third-order valence-corrected chi connectivity index (χ3v) is 3.66. The highest BCUT2D eigenvalue weighted by Gasteiger charge is 2.08. The van der Waals surface area contributed by atoms with Gasteiger partial charge in [0.05, 0.1) is 10.2 Å². The fraction of sp³-hybridized carbons (Fsp3) is 0. The summed E-state index contributed by atoms with van der Waals surface area (Å²) in [5, 5.41) is 2.35. The molecular weight excluding hydrogens is 259 g/mol. The molecule has 3 aromatic rings. The summed E-state index contributed by atoms with van der Waals surface area (Å²) in [6.07, 6.45) is 0. The minimum atomic E-state index is -0.281. The van der Waals surface area contributed by atoms with Crippen molar-refractivity contribution in [1.82, 2.24) is 9.97 Å². The van der Waals surface area contributed by atoms with E-state index in [4.69, 9.17) is 11.6 Å². The molecule has 0 saturated carbocycles. The number of hydrogen-bond donors (Lipinski definition) is 0. The van der Waals surface area contributed by atoms with Crippen LogP contribution in [0.2, 0.25) is 5.15 Å². The second kappa shape index (κ2) is 4.05. The Balaban J connectivity index is 2.20. The van der Waals surface area contributed by atoms with Gasteiger partial charge in [0.2, 0.25) is 0 Å². The number of rotatable bonds is 1. The first-order chi connectivity index (χ1) is 8.24. The number of fused-ring (bicyclic) bond motifs is 1. The topological polar surface area (TPSA) is 25.8 Å². The van der Waals surface area contributed by atoms with Crippen LogP contribution in [0.15, 0.2) is 35.7 Å². The molecule has 0 aliphatic rings. The lowest BCUT2D eigenvalue weighted by Crippen LogP contribution is -1.89. The van der Waals surface area contributed by atoms with Crippen LogP contribution in [-0.2, 0) is 0 Å². The molecular formula is C12H6ClFN2S. The average Bonchev–Trinajstić information content (AvgIpc) is 2.78. The molecule has 17 heavy (non-hydrogen) atoms. The van der Waals surface area contributed by atoms with E-state index >= 15 is 0 Å². The van der Waals surface area contributed by atoms with Gasteiger partial charge in [-0.1, -0.05) is 11.6 Å². The fourth-order valence-electron chi connectivity index (χ4n) is 1.56. The molecule has 0 unspecified atom stereocenters. The third kappa shape index (κ3) is 1.90. The summed E-state index contributed by atoms with van der Waals surface area (Å²) in [5.41, 5.74) is 1.57. The first-order valence-electron chi connectivity index (χ1n) is 4.91. The molecule has 0 bridgehead atoms. The third-order valence-electron chi connectivity index (χ3n) is 2.36. The molecule has 84 valence electrons. The van der Waals surface area contributed by atoms with Crippen molar-refractivity contribution >= 4 is 33.2 Å². The summed E-state index contributed by atoms with van der Waals surface area (Å²) >= 11 is 7.57. The van der Waals surface area contributed by atoms with Gasteiger partial charge < -0.3 is 0 Å². The van der Waals surface area contributed by atoms with Gasteiger partial charge in [0.15, 0.2) is 11.0 Å². The Bertz CT molecular complexity index is 679. The summed E-state index contributed by atoms with van der Waals surface area (Å²) in [5.74, 6) is 0.234. The standard InChI is InChI=1S/C12H6ClFN2S/c13-11-10-9(5-6-17-10)15-12(16-11)7-1-3-8(14)4-2-7/h1-6H. The van der Waals surface area contributed by atoms with Crippen molar-refractivity contribution in [3.8, 4) is 11.4 Å². The largest absolute Gasteiger partial charge is 0.227 e. The zero-order valence-corrected chi connectivity index (χ0v) is 10.1. The SMILES string of the molecule is Fc1ccc(-c2nc(Cl)c3sccc3n2)cc1. The zero-order chi connectivity index (χ0) is 11.8. The van der Waals surface area contributed by atoms with Gasteiger partial charge >= 0.3 is 0 Å². The monoisotopic (exact) mass is 264 g/mol. The van der Waals surface area contributed by atoms with Gasteiger partial charge in [-0.3, -0.25) is 0 Å². The van der Waals surface area contributed by atoms with Gasteiger partial charge in [-0.15, -0.1) is 11.3 Å². The average molecular weight is 265 g/mol.